The molecule has 0 atom stereocenters. The molecular formula is C12H20N4O3S. The molecule has 0 bridgehead atoms. The van der Waals surface area contributed by atoms with E-state index in [2.05, 4.69) is 5.32 Å². The number of carbonyl (C=O) groups is 1. The number of anilines is 2. The molecule has 8 heteroatoms. The van der Waals surface area contributed by atoms with Gasteiger partial charge in [0.05, 0.1) is 4.90 Å². The van der Waals surface area contributed by atoms with Crippen LogP contribution in [0, 0.1) is 6.92 Å². The van der Waals surface area contributed by atoms with Crippen LogP contribution in [0.2, 0.25) is 0 Å². The molecule has 0 heterocycles. The van der Waals surface area contributed by atoms with E-state index in [1.807, 2.05) is 0 Å². The summed E-state index contributed by atoms with van der Waals surface area (Å²) < 4.78 is 22.9. The van der Waals surface area contributed by atoms with Gasteiger partial charge in [0.1, 0.15) is 0 Å². The Morgan fingerprint density at radius 1 is 1.35 bits per heavy atom. The molecule has 0 aliphatic rings. The Balaban J connectivity index is 2.92. The van der Waals surface area contributed by atoms with Crippen molar-refractivity contribution >= 4 is 27.3 Å². The first-order chi connectivity index (χ1) is 9.12. The molecular weight excluding hydrogens is 280 g/mol. The molecule has 0 saturated carbocycles. The number of nitrogens with one attached hydrogen (secondary N) is 1. The van der Waals surface area contributed by atoms with Crippen LogP contribution in [0.3, 0.4) is 0 Å². The van der Waals surface area contributed by atoms with Crippen LogP contribution in [0.1, 0.15) is 12.0 Å². The zero-order valence-electron chi connectivity index (χ0n) is 11.8. The van der Waals surface area contributed by atoms with Gasteiger partial charge in [-0.25, -0.2) is 13.6 Å². The molecule has 112 valence electrons. The maximum atomic E-state index is 11.5. The first-order valence-corrected chi connectivity index (χ1v) is 7.54. The average Bonchev–Trinajstić information content (AvgIpc) is 2.31. The van der Waals surface area contributed by atoms with Crippen LogP contribution in [0.15, 0.2) is 17.0 Å². The van der Waals surface area contributed by atoms with Crippen molar-refractivity contribution in [3.05, 3.63) is 17.7 Å². The number of rotatable bonds is 5. The molecule has 1 aromatic carbocycles. The molecule has 7 nitrogen and oxygen atoms in total. The van der Waals surface area contributed by atoms with Gasteiger partial charge < -0.3 is 16.0 Å². The minimum absolute atomic E-state index is 0.0149. The number of primary sulfonamides is 1. The molecule has 0 unspecified atom stereocenters. The average molecular weight is 300 g/mol. The minimum atomic E-state index is -3.83. The Bertz CT molecular complexity index is 611. The predicted octanol–water partition coefficient (Wildman–Crippen LogP) is 0.115. The fourth-order valence-corrected chi connectivity index (χ4v) is 2.55. The van der Waals surface area contributed by atoms with E-state index < -0.39 is 10.0 Å². The molecule has 5 N–H and O–H groups in total. The van der Waals surface area contributed by atoms with Gasteiger partial charge in [-0.05, 0) is 24.6 Å². The SMILES string of the molecule is Cc1c(NCCC(=O)N(C)C)cc(N)cc1S(N)(=O)=O. The van der Waals surface area contributed by atoms with Gasteiger partial charge in [-0.2, -0.15) is 0 Å². The van der Waals surface area contributed by atoms with Crippen LogP contribution in [0.5, 0.6) is 0 Å². The minimum Gasteiger partial charge on any atom is -0.399 e. The fraction of sp³-hybridized carbons (Fsp3) is 0.417. The van der Waals surface area contributed by atoms with E-state index >= 15 is 0 Å². The molecule has 0 aliphatic heterocycles. The van der Waals surface area contributed by atoms with Gasteiger partial charge in [0.2, 0.25) is 15.9 Å². The molecule has 1 aromatic rings. The Morgan fingerprint density at radius 3 is 2.45 bits per heavy atom. The van der Waals surface area contributed by atoms with Crippen molar-refractivity contribution < 1.29 is 13.2 Å². The highest BCUT2D eigenvalue weighted by atomic mass is 32.2. The van der Waals surface area contributed by atoms with Crippen LogP contribution in [0.25, 0.3) is 0 Å². The number of nitrogens with two attached hydrogens (primary N) is 2. The standard InChI is InChI=1S/C12H20N4O3S/c1-8-10(15-5-4-12(17)16(2)3)6-9(13)7-11(8)20(14,18)19/h6-7,15H,4-5,13H2,1-3H3,(H2,14,18,19). The monoisotopic (exact) mass is 300 g/mol. The molecule has 0 aliphatic carbocycles. The quantitative estimate of drug-likeness (QED) is 0.667. The predicted molar refractivity (Wildman–Crippen MR) is 78.8 cm³/mol. The normalized spacial score (nSPS) is 11.2. The van der Waals surface area contributed by atoms with Crippen molar-refractivity contribution in [2.24, 2.45) is 5.14 Å². The lowest BCUT2D eigenvalue weighted by atomic mass is 10.1. The van der Waals surface area contributed by atoms with Gasteiger partial charge in [0.25, 0.3) is 0 Å². The van der Waals surface area contributed by atoms with Gasteiger partial charge in [0.15, 0.2) is 0 Å². The second-order valence-electron chi connectivity index (χ2n) is 4.70. The van der Waals surface area contributed by atoms with Crippen molar-refractivity contribution in [3.8, 4) is 0 Å². The summed E-state index contributed by atoms with van der Waals surface area (Å²) in [6.07, 6.45) is 0.298. The van der Waals surface area contributed by atoms with E-state index in [1.165, 1.54) is 11.0 Å². The van der Waals surface area contributed by atoms with Crippen LogP contribution in [-0.2, 0) is 14.8 Å². The Morgan fingerprint density at radius 2 is 1.95 bits per heavy atom. The van der Waals surface area contributed by atoms with Gasteiger partial charge in [-0.3, -0.25) is 4.79 Å². The Hall–Kier alpha value is -1.80. The lowest BCUT2D eigenvalue weighted by Gasteiger charge is -2.15. The fourth-order valence-electron chi connectivity index (χ4n) is 1.72. The first kappa shape index (κ1) is 16.3. The van der Waals surface area contributed by atoms with E-state index in [-0.39, 0.29) is 10.8 Å². The maximum Gasteiger partial charge on any atom is 0.238 e. The Kier molecular flexibility index (Phi) is 4.96. The summed E-state index contributed by atoms with van der Waals surface area (Å²) in [6.45, 7) is 2.01. The largest absolute Gasteiger partial charge is 0.399 e. The highest BCUT2D eigenvalue weighted by Gasteiger charge is 2.15. The van der Waals surface area contributed by atoms with E-state index in [4.69, 9.17) is 10.9 Å². The third kappa shape index (κ3) is 4.10. The van der Waals surface area contributed by atoms with Crippen LogP contribution in [-0.4, -0.2) is 39.9 Å². The second kappa shape index (κ2) is 6.10. The Labute approximate surface area is 119 Å². The highest BCUT2D eigenvalue weighted by Crippen LogP contribution is 2.25. The number of amides is 1. The van der Waals surface area contributed by atoms with Crippen molar-refractivity contribution in [1.29, 1.82) is 0 Å². The number of nitrogens with zero attached hydrogens (tertiary/aromatic N) is 1. The van der Waals surface area contributed by atoms with Crippen LogP contribution in [0.4, 0.5) is 11.4 Å². The number of nitrogen functional groups attached to an aromatic ring is 1. The van der Waals surface area contributed by atoms with Gasteiger partial charge >= 0.3 is 0 Å². The van der Waals surface area contributed by atoms with E-state index in [9.17, 15) is 13.2 Å². The topological polar surface area (TPSA) is 119 Å². The summed E-state index contributed by atoms with van der Waals surface area (Å²) in [5, 5.41) is 8.14. The summed E-state index contributed by atoms with van der Waals surface area (Å²) in [6, 6.07) is 2.94. The lowest BCUT2D eigenvalue weighted by molar-refractivity contribution is -0.128. The third-order valence-electron chi connectivity index (χ3n) is 2.84. The van der Waals surface area contributed by atoms with E-state index in [0.29, 0.717) is 29.9 Å². The van der Waals surface area contributed by atoms with Crippen LogP contribution >= 0.6 is 0 Å². The number of hydrogen-bond donors (Lipinski definition) is 3. The summed E-state index contributed by atoms with van der Waals surface area (Å²) in [5.74, 6) is -0.0225. The molecule has 0 aromatic heterocycles. The summed E-state index contributed by atoms with van der Waals surface area (Å²) in [5.41, 5.74) is 7.00. The molecule has 0 spiro atoms. The second-order valence-corrected chi connectivity index (χ2v) is 6.23. The number of sulfonamides is 1. The van der Waals surface area contributed by atoms with Gasteiger partial charge in [0, 0.05) is 38.4 Å². The zero-order chi connectivity index (χ0) is 15.5. The summed E-state index contributed by atoms with van der Waals surface area (Å²) in [4.78, 5) is 12.9. The molecule has 0 radical (unpaired) electrons. The van der Waals surface area contributed by atoms with Crippen molar-refractivity contribution in [1.82, 2.24) is 4.90 Å². The lowest BCUT2D eigenvalue weighted by Crippen LogP contribution is -2.24. The van der Waals surface area contributed by atoms with Crippen molar-refractivity contribution in [2.75, 3.05) is 31.7 Å². The first-order valence-electron chi connectivity index (χ1n) is 6.00. The molecule has 20 heavy (non-hydrogen) atoms. The third-order valence-corrected chi connectivity index (χ3v) is 3.88. The highest BCUT2D eigenvalue weighted by molar-refractivity contribution is 7.89. The molecule has 1 rings (SSSR count). The van der Waals surface area contributed by atoms with Crippen molar-refractivity contribution in [2.45, 2.75) is 18.2 Å². The summed E-state index contributed by atoms with van der Waals surface area (Å²) in [7, 11) is -0.481. The number of benzene rings is 1. The maximum absolute atomic E-state index is 11.5. The van der Waals surface area contributed by atoms with Gasteiger partial charge in [-0.15, -0.1) is 0 Å². The van der Waals surface area contributed by atoms with E-state index in [0.717, 1.165) is 0 Å². The van der Waals surface area contributed by atoms with Crippen molar-refractivity contribution in [3.63, 3.8) is 0 Å². The summed E-state index contributed by atoms with van der Waals surface area (Å²) >= 11 is 0. The zero-order valence-corrected chi connectivity index (χ0v) is 12.6. The number of hydrogen-bond acceptors (Lipinski definition) is 5. The van der Waals surface area contributed by atoms with E-state index in [1.54, 1.807) is 27.1 Å². The molecule has 0 saturated heterocycles. The number of carbonyl (C=O) groups excluding carboxylic acids is 1. The smallest absolute Gasteiger partial charge is 0.238 e. The molecule has 1 amide bonds. The van der Waals surface area contributed by atoms with Gasteiger partial charge in [-0.1, -0.05) is 0 Å². The van der Waals surface area contributed by atoms with Crippen LogP contribution < -0.4 is 16.2 Å². The molecule has 0 fully saturated rings.